The van der Waals surface area contributed by atoms with Crippen molar-refractivity contribution in [3.05, 3.63) is 23.0 Å². The summed E-state index contributed by atoms with van der Waals surface area (Å²) < 4.78 is 61.7. The summed E-state index contributed by atoms with van der Waals surface area (Å²) in [5, 5.41) is 8.42. The second-order valence-electron chi connectivity index (χ2n) is 2.76. The van der Waals surface area contributed by atoms with Crippen LogP contribution in [0.3, 0.4) is 0 Å². The lowest BCUT2D eigenvalue weighted by atomic mass is 10.1. The smallest absolute Gasteiger partial charge is 0.397 e. The maximum absolute atomic E-state index is 12.4. The van der Waals surface area contributed by atoms with Crippen molar-refractivity contribution in [3.8, 4) is 6.07 Å². The maximum Gasteiger partial charge on any atom is 0.433 e. The number of nitrogens with zero attached hydrogens (tertiary/aromatic N) is 2. The monoisotopic (exact) mass is 237 g/mol. The summed E-state index contributed by atoms with van der Waals surface area (Å²) in [4.78, 5) is 2.80. The number of alkyl halides is 5. The third kappa shape index (κ3) is 2.03. The summed E-state index contributed by atoms with van der Waals surface area (Å²) in [5.74, 6) is 0. The second-order valence-corrected chi connectivity index (χ2v) is 2.76. The molecule has 1 aromatic heterocycles. The van der Waals surface area contributed by atoms with Crippen LogP contribution in [0, 0.1) is 11.3 Å². The third-order valence-electron chi connectivity index (χ3n) is 1.77. The molecule has 3 nitrogen and oxygen atoms in total. The zero-order chi connectivity index (χ0) is 12.5. The van der Waals surface area contributed by atoms with Gasteiger partial charge in [0.1, 0.15) is 6.07 Å². The molecule has 0 spiro atoms. The van der Waals surface area contributed by atoms with Gasteiger partial charge >= 0.3 is 6.18 Å². The highest BCUT2D eigenvalue weighted by molar-refractivity contribution is 5.60. The molecule has 2 N–H and O–H groups in total. The van der Waals surface area contributed by atoms with Gasteiger partial charge in [0.2, 0.25) is 0 Å². The number of rotatable bonds is 1. The number of nitrogens with two attached hydrogens (primary N) is 1. The van der Waals surface area contributed by atoms with Crippen molar-refractivity contribution < 1.29 is 22.0 Å². The minimum absolute atomic E-state index is 0.511. The molecule has 86 valence electrons. The first-order valence-electron chi connectivity index (χ1n) is 3.82. The van der Waals surface area contributed by atoms with E-state index in [-0.39, 0.29) is 0 Å². The Morgan fingerprint density at radius 3 is 2.31 bits per heavy atom. The van der Waals surface area contributed by atoms with E-state index in [1.54, 1.807) is 0 Å². The van der Waals surface area contributed by atoms with Gasteiger partial charge < -0.3 is 5.73 Å². The molecule has 0 aromatic carbocycles. The molecular formula is C8H4F5N3. The fraction of sp³-hybridized carbons (Fsp3) is 0.250. The van der Waals surface area contributed by atoms with Crippen LogP contribution < -0.4 is 5.73 Å². The molecule has 0 aliphatic carbocycles. The van der Waals surface area contributed by atoms with Gasteiger partial charge in [0, 0.05) is 6.20 Å². The minimum Gasteiger partial charge on any atom is -0.397 e. The molecule has 0 radical (unpaired) electrons. The Morgan fingerprint density at radius 2 is 1.94 bits per heavy atom. The van der Waals surface area contributed by atoms with Crippen LogP contribution in [0.1, 0.15) is 23.2 Å². The predicted octanol–water partition coefficient (Wildman–Crippen LogP) is 2.49. The number of nitrogen functional groups attached to an aromatic ring is 1. The highest BCUT2D eigenvalue weighted by Crippen LogP contribution is 2.38. The summed E-state index contributed by atoms with van der Waals surface area (Å²) in [7, 11) is 0. The van der Waals surface area contributed by atoms with Crippen molar-refractivity contribution in [2.75, 3.05) is 5.73 Å². The molecule has 0 fully saturated rings. The van der Waals surface area contributed by atoms with Crippen molar-refractivity contribution >= 4 is 5.69 Å². The highest BCUT2D eigenvalue weighted by Gasteiger charge is 2.39. The van der Waals surface area contributed by atoms with E-state index in [9.17, 15) is 22.0 Å². The molecule has 0 amide bonds. The molecule has 16 heavy (non-hydrogen) atoms. The van der Waals surface area contributed by atoms with E-state index in [0.29, 0.717) is 6.20 Å². The molecule has 0 atom stereocenters. The van der Waals surface area contributed by atoms with Crippen LogP contribution in [0.5, 0.6) is 0 Å². The Hall–Kier alpha value is -1.91. The van der Waals surface area contributed by atoms with Gasteiger partial charge in [-0.2, -0.15) is 18.4 Å². The van der Waals surface area contributed by atoms with Crippen LogP contribution in [-0.2, 0) is 6.18 Å². The SMILES string of the molecule is N#Cc1cnc(C(F)(F)F)c(C(F)F)c1N. The van der Waals surface area contributed by atoms with Gasteiger partial charge in [0.05, 0.1) is 16.8 Å². The van der Waals surface area contributed by atoms with Gasteiger partial charge in [-0.25, -0.2) is 13.8 Å². The zero-order valence-corrected chi connectivity index (χ0v) is 7.52. The molecule has 1 aromatic rings. The number of hydrogen-bond acceptors (Lipinski definition) is 3. The Morgan fingerprint density at radius 1 is 1.38 bits per heavy atom. The Kier molecular flexibility index (Phi) is 2.98. The van der Waals surface area contributed by atoms with Crippen molar-refractivity contribution in [2.45, 2.75) is 12.6 Å². The molecule has 1 heterocycles. The van der Waals surface area contributed by atoms with Crippen LogP contribution in [0.25, 0.3) is 0 Å². The predicted molar refractivity (Wildman–Crippen MR) is 43.3 cm³/mol. The van der Waals surface area contributed by atoms with Crippen molar-refractivity contribution in [1.29, 1.82) is 5.26 Å². The fourth-order valence-corrected chi connectivity index (χ4v) is 1.08. The maximum atomic E-state index is 12.4. The van der Waals surface area contributed by atoms with Gasteiger partial charge in [-0.1, -0.05) is 0 Å². The van der Waals surface area contributed by atoms with Crippen LogP contribution in [-0.4, -0.2) is 4.98 Å². The van der Waals surface area contributed by atoms with Crippen LogP contribution in [0.4, 0.5) is 27.6 Å². The summed E-state index contributed by atoms with van der Waals surface area (Å²) >= 11 is 0. The average Bonchev–Trinajstić information content (AvgIpc) is 2.15. The number of halogens is 5. The zero-order valence-electron chi connectivity index (χ0n) is 7.52. The number of anilines is 1. The van der Waals surface area contributed by atoms with E-state index in [2.05, 4.69) is 4.98 Å². The average molecular weight is 237 g/mol. The fourth-order valence-electron chi connectivity index (χ4n) is 1.08. The molecule has 1 rings (SSSR count). The van der Waals surface area contributed by atoms with E-state index in [1.807, 2.05) is 0 Å². The van der Waals surface area contributed by atoms with Crippen molar-refractivity contribution in [2.24, 2.45) is 0 Å². The molecule has 0 bridgehead atoms. The molecule has 8 heteroatoms. The first-order chi connectivity index (χ1) is 7.29. The van der Waals surface area contributed by atoms with Crippen molar-refractivity contribution in [3.63, 3.8) is 0 Å². The van der Waals surface area contributed by atoms with E-state index in [0.717, 1.165) is 0 Å². The van der Waals surface area contributed by atoms with Crippen LogP contribution in [0.15, 0.2) is 6.20 Å². The Labute approximate surface area is 86.3 Å². The topological polar surface area (TPSA) is 62.7 Å². The van der Waals surface area contributed by atoms with Crippen LogP contribution >= 0.6 is 0 Å². The largest absolute Gasteiger partial charge is 0.433 e. The molecule has 0 saturated heterocycles. The van der Waals surface area contributed by atoms with E-state index >= 15 is 0 Å². The summed E-state index contributed by atoms with van der Waals surface area (Å²) in [6, 6.07) is 1.38. The summed E-state index contributed by atoms with van der Waals surface area (Å²) in [6.07, 6.45) is -7.96. The minimum atomic E-state index is -5.03. The van der Waals surface area contributed by atoms with E-state index in [1.165, 1.54) is 6.07 Å². The number of hydrogen-bond donors (Lipinski definition) is 1. The number of aromatic nitrogens is 1. The lowest BCUT2D eigenvalue weighted by Crippen LogP contribution is -2.15. The van der Waals surface area contributed by atoms with E-state index in [4.69, 9.17) is 11.0 Å². The Bertz CT molecular complexity index is 446. The molecule has 0 aliphatic heterocycles. The second kappa shape index (κ2) is 3.92. The number of nitriles is 1. The standard InChI is InChI=1S/C8H4F5N3/c9-7(10)4-5(15)3(1-14)2-16-6(4)8(11,12)13/h2,7H,(H2,15,16). The highest BCUT2D eigenvalue weighted by atomic mass is 19.4. The summed E-state index contributed by atoms with van der Waals surface area (Å²) in [6.45, 7) is 0. The molecule has 0 saturated carbocycles. The van der Waals surface area contributed by atoms with Crippen LogP contribution in [0.2, 0.25) is 0 Å². The Balaban J connectivity index is 3.55. The van der Waals surface area contributed by atoms with E-state index < -0.39 is 35.1 Å². The molecule has 0 unspecified atom stereocenters. The van der Waals surface area contributed by atoms with Gasteiger partial charge in [-0.3, -0.25) is 0 Å². The van der Waals surface area contributed by atoms with Gasteiger partial charge in [0.15, 0.2) is 5.69 Å². The number of pyridine rings is 1. The van der Waals surface area contributed by atoms with Gasteiger partial charge in [0.25, 0.3) is 6.43 Å². The van der Waals surface area contributed by atoms with Gasteiger partial charge in [-0.15, -0.1) is 0 Å². The summed E-state index contributed by atoms with van der Waals surface area (Å²) in [5.41, 5.74) is 0.433. The first-order valence-corrected chi connectivity index (χ1v) is 3.82. The lowest BCUT2D eigenvalue weighted by molar-refractivity contribution is -0.143. The van der Waals surface area contributed by atoms with Crippen molar-refractivity contribution in [1.82, 2.24) is 4.98 Å². The first kappa shape index (κ1) is 12.2. The quantitative estimate of drug-likeness (QED) is 0.763. The van der Waals surface area contributed by atoms with Gasteiger partial charge in [-0.05, 0) is 0 Å². The molecular weight excluding hydrogens is 233 g/mol. The molecule has 0 aliphatic rings. The normalized spacial score (nSPS) is 11.6. The lowest BCUT2D eigenvalue weighted by Gasteiger charge is -2.13. The third-order valence-corrected chi connectivity index (χ3v) is 1.77.